The van der Waals surface area contributed by atoms with E-state index in [1.165, 1.54) is 0 Å². The van der Waals surface area contributed by atoms with E-state index >= 15 is 0 Å². The molecule has 0 bridgehead atoms. The molecule has 1 aromatic rings. The maximum atomic E-state index is 11.9. The van der Waals surface area contributed by atoms with E-state index in [0.717, 1.165) is 24.6 Å². The summed E-state index contributed by atoms with van der Waals surface area (Å²) in [7, 11) is 0. The molecule has 0 unspecified atom stereocenters. The van der Waals surface area contributed by atoms with Crippen LogP contribution in [-0.2, 0) is 4.79 Å². The second-order valence-electron chi connectivity index (χ2n) is 4.57. The minimum Gasteiger partial charge on any atom is -0.357 e. The molecule has 0 spiro atoms. The smallest absolute Gasteiger partial charge is 0.226 e. The Hall–Kier alpha value is -1.02. The zero-order valence-corrected chi connectivity index (χ0v) is 16.3. The van der Waals surface area contributed by atoms with Crippen molar-refractivity contribution in [3.8, 4) is 0 Å². The Morgan fingerprint density at radius 1 is 1.23 bits per heavy atom. The van der Waals surface area contributed by atoms with Crippen molar-refractivity contribution in [1.82, 2.24) is 10.6 Å². The van der Waals surface area contributed by atoms with Crippen LogP contribution in [0.1, 0.15) is 25.8 Å². The molecule has 0 aliphatic carbocycles. The zero-order chi connectivity index (χ0) is 15.7. The van der Waals surface area contributed by atoms with Crippen molar-refractivity contribution in [2.45, 2.75) is 27.2 Å². The number of guanidine groups is 1. The summed E-state index contributed by atoms with van der Waals surface area (Å²) >= 11 is 6.08. The average molecular weight is 439 g/mol. The second kappa shape index (κ2) is 11.5. The maximum Gasteiger partial charge on any atom is 0.226 e. The van der Waals surface area contributed by atoms with Gasteiger partial charge in [0.05, 0.1) is 17.3 Å². The summed E-state index contributed by atoms with van der Waals surface area (Å²) < 4.78 is 0. The van der Waals surface area contributed by atoms with Gasteiger partial charge in [0.2, 0.25) is 5.91 Å². The van der Waals surface area contributed by atoms with Crippen molar-refractivity contribution in [2.75, 3.05) is 25.0 Å². The van der Waals surface area contributed by atoms with Crippen molar-refractivity contribution >= 4 is 53.1 Å². The van der Waals surface area contributed by atoms with Crippen LogP contribution in [-0.4, -0.2) is 31.5 Å². The van der Waals surface area contributed by atoms with E-state index in [9.17, 15) is 4.79 Å². The highest BCUT2D eigenvalue weighted by Gasteiger charge is 2.05. The fourth-order valence-electron chi connectivity index (χ4n) is 1.71. The summed E-state index contributed by atoms with van der Waals surface area (Å²) in [4.78, 5) is 16.2. The summed E-state index contributed by atoms with van der Waals surface area (Å²) in [6.45, 7) is 7.95. The summed E-state index contributed by atoms with van der Waals surface area (Å²) in [5, 5.41) is 9.56. The molecular weight excluding hydrogens is 415 g/mol. The molecule has 0 fully saturated rings. The van der Waals surface area contributed by atoms with E-state index in [-0.39, 0.29) is 29.9 Å². The number of benzene rings is 1. The van der Waals surface area contributed by atoms with Crippen LogP contribution < -0.4 is 16.0 Å². The second-order valence-corrected chi connectivity index (χ2v) is 4.98. The van der Waals surface area contributed by atoms with Gasteiger partial charge in [0.1, 0.15) is 0 Å². The molecule has 0 atom stereocenters. The number of halogens is 2. The number of rotatable bonds is 6. The van der Waals surface area contributed by atoms with E-state index < -0.39 is 0 Å². The summed E-state index contributed by atoms with van der Waals surface area (Å²) in [6.07, 6.45) is 0.310. The Balaban J connectivity index is 0.00000441. The monoisotopic (exact) mass is 438 g/mol. The summed E-state index contributed by atoms with van der Waals surface area (Å²) in [5.74, 6) is 0.623. The molecule has 0 aliphatic rings. The third kappa shape index (κ3) is 7.84. The number of hydrogen-bond donors (Lipinski definition) is 3. The fraction of sp³-hybridized carbons (Fsp3) is 0.467. The number of carbonyl (C=O) groups is 1. The molecule has 7 heteroatoms. The molecule has 124 valence electrons. The highest BCUT2D eigenvalue weighted by Crippen LogP contribution is 2.22. The van der Waals surface area contributed by atoms with Crippen molar-refractivity contribution in [3.63, 3.8) is 0 Å². The SMILES string of the molecule is CCNC(=NCCC(=O)Nc1ccc(C)cc1Cl)NCC.I. The predicted octanol–water partition coefficient (Wildman–Crippen LogP) is 3.17. The molecule has 0 radical (unpaired) electrons. The standard InChI is InChI=1S/C15H23ClN4O.HI/c1-4-17-15(18-5-2)19-9-8-14(21)20-13-7-6-11(3)10-12(13)16;/h6-7,10H,4-5,8-9H2,1-3H3,(H,20,21)(H2,17,18,19);1H. The minimum atomic E-state index is -0.100. The van der Waals surface area contributed by atoms with Gasteiger partial charge in [0.15, 0.2) is 5.96 Å². The van der Waals surface area contributed by atoms with Gasteiger partial charge in [-0.1, -0.05) is 17.7 Å². The quantitative estimate of drug-likeness (QED) is 0.363. The predicted molar refractivity (Wildman–Crippen MR) is 105 cm³/mol. The van der Waals surface area contributed by atoms with Crippen LogP contribution in [0, 0.1) is 6.92 Å². The number of aliphatic imine (C=N–C) groups is 1. The Bertz CT molecular complexity index is 500. The zero-order valence-electron chi connectivity index (χ0n) is 13.2. The maximum absolute atomic E-state index is 11.9. The third-order valence-corrected chi connectivity index (χ3v) is 3.01. The third-order valence-electron chi connectivity index (χ3n) is 2.70. The van der Waals surface area contributed by atoms with Gasteiger partial charge >= 0.3 is 0 Å². The first-order valence-electron chi connectivity index (χ1n) is 7.15. The molecule has 5 nitrogen and oxygen atoms in total. The van der Waals surface area contributed by atoms with Crippen LogP contribution in [0.2, 0.25) is 5.02 Å². The Morgan fingerprint density at radius 2 is 1.86 bits per heavy atom. The highest BCUT2D eigenvalue weighted by molar-refractivity contribution is 14.0. The molecule has 22 heavy (non-hydrogen) atoms. The van der Waals surface area contributed by atoms with Crippen molar-refractivity contribution < 1.29 is 4.79 Å². The number of aryl methyl sites for hydroxylation is 1. The first kappa shape index (κ1) is 21.0. The molecular formula is C15H24ClIN4O. The summed E-state index contributed by atoms with van der Waals surface area (Å²) in [5.41, 5.74) is 1.69. The van der Waals surface area contributed by atoms with Crippen LogP contribution in [0.4, 0.5) is 5.69 Å². The number of anilines is 1. The van der Waals surface area contributed by atoms with E-state index in [1.807, 2.05) is 39.0 Å². The normalized spacial score (nSPS) is 9.45. The number of hydrogen-bond acceptors (Lipinski definition) is 2. The fourth-order valence-corrected chi connectivity index (χ4v) is 2.00. The van der Waals surface area contributed by atoms with Gasteiger partial charge in [0.25, 0.3) is 0 Å². The Kier molecular flexibility index (Phi) is 11.0. The lowest BCUT2D eigenvalue weighted by molar-refractivity contribution is -0.116. The Morgan fingerprint density at radius 3 is 2.41 bits per heavy atom. The van der Waals surface area contributed by atoms with Gasteiger partial charge in [-0.15, -0.1) is 24.0 Å². The van der Waals surface area contributed by atoms with Crippen molar-refractivity contribution in [3.05, 3.63) is 28.8 Å². The first-order chi connectivity index (χ1) is 10.1. The van der Waals surface area contributed by atoms with Gasteiger partial charge < -0.3 is 16.0 Å². The molecule has 0 heterocycles. The topological polar surface area (TPSA) is 65.5 Å². The van der Waals surface area contributed by atoms with E-state index in [1.54, 1.807) is 0 Å². The molecule has 0 aromatic heterocycles. The number of carbonyl (C=O) groups excluding carboxylic acids is 1. The molecule has 0 saturated heterocycles. The Labute approximate surface area is 154 Å². The largest absolute Gasteiger partial charge is 0.357 e. The van der Waals surface area contributed by atoms with Crippen molar-refractivity contribution in [2.24, 2.45) is 4.99 Å². The highest BCUT2D eigenvalue weighted by atomic mass is 127. The molecule has 0 aliphatic heterocycles. The lowest BCUT2D eigenvalue weighted by Gasteiger charge is -2.09. The number of amides is 1. The molecule has 1 rings (SSSR count). The van der Waals surface area contributed by atoms with Gasteiger partial charge in [-0.25, -0.2) is 0 Å². The van der Waals surface area contributed by atoms with Crippen LogP contribution in [0.5, 0.6) is 0 Å². The minimum absolute atomic E-state index is 0. The molecule has 1 amide bonds. The van der Waals surface area contributed by atoms with Crippen LogP contribution in [0.25, 0.3) is 0 Å². The van der Waals surface area contributed by atoms with Crippen LogP contribution in [0.3, 0.4) is 0 Å². The van der Waals surface area contributed by atoms with Crippen LogP contribution >= 0.6 is 35.6 Å². The number of nitrogens with one attached hydrogen (secondary N) is 3. The molecule has 0 saturated carbocycles. The van der Waals surface area contributed by atoms with E-state index in [0.29, 0.717) is 23.7 Å². The molecule has 1 aromatic carbocycles. The van der Waals surface area contributed by atoms with Gasteiger partial charge in [-0.3, -0.25) is 9.79 Å². The summed E-state index contributed by atoms with van der Waals surface area (Å²) in [6, 6.07) is 5.54. The van der Waals surface area contributed by atoms with Gasteiger partial charge in [0, 0.05) is 19.5 Å². The first-order valence-corrected chi connectivity index (χ1v) is 7.52. The van der Waals surface area contributed by atoms with Crippen LogP contribution in [0.15, 0.2) is 23.2 Å². The number of nitrogens with zero attached hydrogens (tertiary/aromatic N) is 1. The van der Waals surface area contributed by atoms with E-state index in [2.05, 4.69) is 20.9 Å². The molecule has 3 N–H and O–H groups in total. The van der Waals surface area contributed by atoms with Crippen molar-refractivity contribution in [1.29, 1.82) is 0 Å². The average Bonchev–Trinajstić information content (AvgIpc) is 2.42. The lowest BCUT2D eigenvalue weighted by Crippen LogP contribution is -2.37. The van der Waals surface area contributed by atoms with Gasteiger partial charge in [-0.05, 0) is 38.5 Å². The van der Waals surface area contributed by atoms with E-state index in [4.69, 9.17) is 11.6 Å². The van der Waals surface area contributed by atoms with Gasteiger partial charge in [-0.2, -0.15) is 0 Å². The lowest BCUT2D eigenvalue weighted by atomic mass is 10.2.